The van der Waals surface area contributed by atoms with Crippen LogP contribution in [0.2, 0.25) is 0 Å². The zero-order valence-electron chi connectivity index (χ0n) is 13.5. The SMILES string of the molecule is Cc1[nH]ncc1-c1nc2c(N)cc3[nH]ncc3c2c2c1CCCC2. The number of fused-ring (bicyclic) bond motifs is 5. The molecule has 3 aromatic heterocycles. The summed E-state index contributed by atoms with van der Waals surface area (Å²) in [6.45, 7) is 2.03. The Morgan fingerprint density at radius 1 is 1.04 bits per heavy atom. The standard InChI is InChI=1S/C18H18N6/c1-9-12(7-20-23-9)17-11-5-3-2-4-10(11)16-13-8-21-24-15(13)6-14(19)18(16)22-17/h6-8H,2-5,19H2,1H3,(H,20,23)(H,21,24). The number of rotatable bonds is 1. The second-order valence-electron chi connectivity index (χ2n) is 6.55. The van der Waals surface area contributed by atoms with E-state index in [0.717, 1.165) is 46.2 Å². The van der Waals surface area contributed by atoms with Crippen molar-refractivity contribution >= 4 is 27.5 Å². The van der Waals surface area contributed by atoms with E-state index < -0.39 is 0 Å². The summed E-state index contributed by atoms with van der Waals surface area (Å²) in [5.74, 6) is 0. The Balaban J connectivity index is 1.98. The fourth-order valence-electron chi connectivity index (χ4n) is 3.96. The van der Waals surface area contributed by atoms with Crippen molar-refractivity contribution in [1.29, 1.82) is 0 Å². The number of hydrogen-bond donors (Lipinski definition) is 3. The Hall–Kier alpha value is -2.89. The summed E-state index contributed by atoms with van der Waals surface area (Å²) in [5, 5.41) is 16.7. The molecule has 0 atom stereocenters. The van der Waals surface area contributed by atoms with Gasteiger partial charge in [0.05, 0.1) is 34.8 Å². The van der Waals surface area contributed by atoms with Gasteiger partial charge in [-0.3, -0.25) is 10.2 Å². The lowest BCUT2D eigenvalue weighted by molar-refractivity contribution is 0.689. The molecular weight excluding hydrogens is 300 g/mol. The molecule has 0 bridgehead atoms. The summed E-state index contributed by atoms with van der Waals surface area (Å²) in [5.41, 5.74) is 14.7. The molecule has 6 heteroatoms. The molecule has 4 N–H and O–H groups in total. The third-order valence-electron chi connectivity index (χ3n) is 5.11. The van der Waals surface area contributed by atoms with Gasteiger partial charge in [-0.25, -0.2) is 4.98 Å². The topological polar surface area (TPSA) is 96.3 Å². The highest BCUT2D eigenvalue weighted by atomic mass is 15.1. The van der Waals surface area contributed by atoms with Crippen molar-refractivity contribution in [3.8, 4) is 11.3 Å². The molecule has 120 valence electrons. The van der Waals surface area contributed by atoms with Crippen LogP contribution in [0.4, 0.5) is 5.69 Å². The zero-order valence-corrected chi connectivity index (χ0v) is 13.5. The van der Waals surface area contributed by atoms with Crippen LogP contribution in [0.15, 0.2) is 18.5 Å². The quantitative estimate of drug-likeness (QED) is 0.469. The van der Waals surface area contributed by atoms with Crippen LogP contribution in [0.3, 0.4) is 0 Å². The number of pyridine rings is 1. The van der Waals surface area contributed by atoms with E-state index in [1.54, 1.807) is 0 Å². The number of nitrogens with two attached hydrogens (primary N) is 1. The van der Waals surface area contributed by atoms with Crippen molar-refractivity contribution in [2.75, 3.05) is 5.73 Å². The molecule has 0 amide bonds. The van der Waals surface area contributed by atoms with Crippen LogP contribution < -0.4 is 5.73 Å². The van der Waals surface area contributed by atoms with Crippen LogP contribution in [0.5, 0.6) is 0 Å². The summed E-state index contributed by atoms with van der Waals surface area (Å²) in [6, 6.07) is 1.93. The van der Waals surface area contributed by atoms with E-state index in [1.807, 2.05) is 25.4 Å². The number of aryl methyl sites for hydroxylation is 2. The fraction of sp³-hybridized carbons (Fsp3) is 0.278. The highest BCUT2D eigenvalue weighted by Crippen LogP contribution is 2.40. The third kappa shape index (κ3) is 1.73. The van der Waals surface area contributed by atoms with E-state index in [0.29, 0.717) is 5.69 Å². The number of anilines is 1. The summed E-state index contributed by atoms with van der Waals surface area (Å²) in [6.07, 6.45) is 8.25. The molecule has 0 spiro atoms. The minimum atomic E-state index is 0.692. The third-order valence-corrected chi connectivity index (χ3v) is 5.11. The molecular formula is C18H18N6. The molecule has 1 aromatic carbocycles. The average Bonchev–Trinajstić information content (AvgIpc) is 3.22. The van der Waals surface area contributed by atoms with Gasteiger partial charge in [0.25, 0.3) is 0 Å². The smallest absolute Gasteiger partial charge is 0.0949 e. The summed E-state index contributed by atoms with van der Waals surface area (Å²) < 4.78 is 0. The lowest BCUT2D eigenvalue weighted by Crippen LogP contribution is -2.09. The maximum Gasteiger partial charge on any atom is 0.0949 e. The van der Waals surface area contributed by atoms with Crippen LogP contribution in [0, 0.1) is 6.92 Å². The molecule has 0 saturated heterocycles. The molecule has 0 unspecified atom stereocenters. The van der Waals surface area contributed by atoms with E-state index in [9.17, 15) is 0 Å². The maximum absolute atomic E-state index is 6.34. The molecule has 0 aliphatic heterocycles. The second kappa shape index (κ2) is 4.80. The van der Waals surface area contributed by atoms with Crippen molar-refractivity contribution in [3.63, 3.8) is 0 Å². The Kier molecular flexibility index (Phi) is 2.71. The zero-order chi connectivity index (χ0) is 16.3. The summed E-state index contributed by atoms with van der Waals surface area (Å²) in [7, 11) is 0. The number of nitrogens with zero attached hydrogens (tertiary/aromatic N) is 3. The van der Waals surface area contributed by atoms with Gasteiger partial charge in [-0.1, -0.05) is 0 Å². The molecule has 3 heterocycles. The highest BCUT2D eigenvalue weighted by molar-refractivity contribution is 6.12. The van der Waals surface area contributed by atoms with Gasteiger partial charge in [0.2, 0.25) is 0 Å². The molecule has 1 aliphatic carbocycles. The Morgan fingerprint density at radius 3 is 2.62 bits per heavy atom. The van der Waals surface area contributed by atoms with Gasteiger partial charge in [0, 0.05) is 22.0 Å². The van der Waals surface area contributed by atoms with E-state index in [4.69, 9.17) is 10.7 Å². The number of hydrogen-bond acceptors (Lipinski definition) is 4. The monoisotopic (exact) mass is 318 g/mol. The van der Waals surface area contributed by atoms with Gasteiger partial charge < -0.3 is 5.73 Å². The molecule has 1 aliphatic rings. The highest BCUT2D eigenvalue weighted by Gasteiger charge is 2.23. The normalized spacial score (nSPS) is 14.4. The Labute approximate surface area is 138 Å². The first-order chi connectivity index (χ1) is 11.7. The molecule has 24 heavy (non-hydrogen) atoms. The lowest BCUT2D eigenvalue weighted by atomic mass is 9.85. The van der Waals surface area contributed by atoms with E-state index in [1.165, 1.54) is 29.4 Å². The van der Waals surface area contributed by atoms with E-state index in [2.05, 4.69) is 20.4 Å². The maximum atomic E-state index is 6.34. The number of nitrogens with one attached hydrogen (secondary N) is 2. The van der Waals surface area contributed by atoms with Crippen LogP contribution in [-0.4, -0.2) is 25.4 Å². The summed E-state index contributed by atoms with van der Waals surface area (Å²) >= 11 is 0. The first kappa shape index (κ1) is 13.5. The number of benzene rings is 1. The predicted molar refractivity (Wildman–Crippen MR) is 94.8 cm³/mol. The minimum absolute atomic E-state index is 0.692. The molecule has 4 aromatic rings. The van der Waals surface area contributed by atoms with Crippen LogP contribution in [0.1, 0.15) is 29.7 Å². The van der Waals surface area contributed by atoms with Crippen molar-refractivity contribution in [2.24, 2.45) is 0 Å². The first-order valence-corrected chi connectivity index (χ1v) is 8.31. The van der Waals surface area contributed by atoms with Gasteiger partial charge in [0.1, 0.15) is 0 Å². The average molecular weight is 318 g/mol. The van der Waals surface area contributed by atoms with Crippen LogP contribution in [-0.2, 0) is 12.8 Å². The van der Waals surface area contributed by atoms with Crippen molar-refractivity contribution in [3.05, 3.63) is 35.3 Å². The van der Waals surface area contributed by atoms with E-state index in [-0.39, 0.29) is 0 Å². The lowest BCUT2D eigenvalue weighted by Gasteiger charge is -2.22. The van der Waals surface area contributed by atoms with Crippen molar-refractivity contribution in [2.45, 2.75) is 32.6 Å². The molecule has 5 rings (SSSR count). The predicted octanol–water partition coefficient (Wildman–Crippen LogP) is 3.27. The Bertz CT molecular complexity index is 1090. The van der Waals surface area contributed by atoms with Gasteiger partial charge in [-0.05, 0) is 49.8 Å². The first-order valence-electron chi connectivity index (χ1n) is 8.31. The van der Waals surface area contributed by atoms with Gasteiger partial charge >= 0.3 is 0 Å². The van der Waals surface area contributed by atoms with Gasteiger partial charge in [-0.2, -0.15) is 10.2 Å². The van der Waals surface area contributed by atoms with E-state index >= 15 is 0 Å². The number of nitrogen functional groups attached to an aromatic ring is 1. The number of H-pyrrole nitrogens is 2. The fourth-order valence-corrected chi connectivity index (χ4v) is 3.96. The van der Waals surface area contributed by atoms with Crippen molar-refractivity contribution < 1.29 is 0 Å². The summed E-state index contributed by atoms with van der Waals surface area (Å²) in [4.78, 5) is 4.99. The van der Waals surface area contributed by atoms with Gasteiger partial charge in [-0.15, -0.1) is 0 Å². The minimum Gasteiger partial charge on any atom is -0.397 e. The number of aromatic amines is 2. The molecule has 0 fully saturated rings. The van der Waals surface area contributed by atoms with Gasteiger partial charge in [0.15, 0.2) is 0 Å². The molecule has 6 nitrogen and oxygen atoms in total. The Morgan fingerprint density at radius 2 is 1.83 bits per heavy atom. The van der Waals surface area contributed by atoms with Crippen LogP contribution >= 0.6 is 0 Å². The second-order valence-corrected chi connectivity index (χ2v) is 6.55. The number of aromatic nitrogens is 5. The molecule has 0 saturated carbocycles. The van der Waals surface area contributed by atoms with Crippen LogP contribution in [0.25, 0.3) is 33.1 Å². The largest absolute Gasteiger partial charge is 0.397 e. The van der Waals surface area contributed by atoms with Crippen molar-refractivity contribution in [1.82, 2.24) is 25.4 Å². The molecule has 0 radical (unpaired) electrons.